The Kier molecular flexibility index (Phi) is 10.0. The predicted molar refractivity (Wildman–Crippen MR) is 156 cm³/mol. The first kappa shape index (κ1) is 30.1. The molecule has 3 aromatic carbocycles. The molecule has 1 saturated heterocycles. The zero-order chi connectivity index (χ0) is 29.5. The van der Waals surface area contributed by atoms with Crippen molar-refractivity contribution in [2.24, 2.45) is 0 Å². The molecule has 1 heterocycles. The Hall–Kier alpha value is -3.86. The van der Waals surface area contributed by atoms with E-state index in [1.165, 1.54) is 36.4 Å². The average molecular weight is 617 g/mol. The van der Waals surface area contributed by atoms with Gasteiger partial charge in [0.05, 0.1) is 27.1 Å². The fraction of sp³-hybridized carbons (Fsp3) is 0.172. The lowest BCUT2D eigenvalue weighted by molar-refractivity contribution is -0.127. The van der Waals surface area contributed by atoms with Gasteiger partial charge in [-0.15, -0.1) is 0 Å². The number of imide groups is 1. The van der Waals surface area contributed by atoms with E-state index in [-0.39, 0.29) is 45.0 Å². The lowest BCUT2D eigenvalue weighted by Crippen LogP contribution is -2.36. The first-order valence-electron chi connectivity index (χ1n) is 12.3. The third-order valence-corrected chi connectivity index (χ3v) is 7.27. The summed E-state index contributed by atoms with van der Waals surface area (Å²) in [5.74, 6) is -2.00. The van der Waals surface area contributed by atoms with Gasteiger partial charge in [0.2, 0.25) is 5.91 Å². The minimum absolute atomic E-state index is 0.0789. The number of hydrogen-bond donors (Lipinski definition) is 1. The number of rotatable bonds is 10. The summed E-state index contributed by atoms with van der Waals surface area (Å²) in [5, 5.41) is 2.35. The molecule has 1 aliphatic heterocycles. The first-order chi connectivity index (χ1) is 19.7. The van der Waals surface area contributed by atoms with Crippen LogP contribution in [0.4, 0.5) is 14.9 Å². The number of hydrogen-bond acceptors (Lipinski definition) is 7. The van der Waals surface area contributed by atoms with E-state index in [1.54, 1.807) is 30.3 Å². The zero-order valence-corrected chi connectivity index (χ0v) is 23.9. The van der Waals surface area contributed by atoms with E-state index in [0.29, 0.717) is 29.5 Å². The Morgan fingerprint density at radius 2 is 1.83 bits per heavy atom. The molecule has 3 amide bonds. The lowest BCUT2D eigenvalue weighted by atomic mass is 10.2. The van der Waals surface area contributed by atoms with E-state index >= 15 is 0 Å². The number of nitrogens with one attached hydrogen (secondary N) is 1. The molecular formula is C29H23Cl2FN2O6S. The number of ether oxygens (including phenoxy) is 2. The minimum atomic E-state index is -0.647. The molecule has 3 aromatic rings. The van der Waals surface area contributed by atoms with Gasteiger partial charge in [-0.25, -0.2) is 9.18 Å². The van der Waals surface area contributed by atoms with Crippen LogP contribution in [0, 0.1) is 5.82 Å². The summed E-state index contributed by atoms with van der Waals surface area (Å²) >= 11 is 12.8. The first-order valence-corrected chi connectivity index (χ1v) is 13.9. The van der Waals surface area contributed by atoms with E-state index in [2.05, 4.69) is 5.32 Å². The van der Waals surface area contributed by atoms with Crippen LogP contribution in [0.5, 0.6) is 5.75 Å². The Labute approximate surface area is 249 Å². The molecule has 0 unspecified atom stereocenters. The second-order valence-corrected chi connectivity index (χ2v) is 10.5. The molecule has 1 fully saturated rings. The van der Waals surface area contributed by atoms with Crippen molar-refractivity contribution in [2.75, 3.05) is 18.5 Å². The Morgan fingerprint density at radius 3 is 2.59 bits per heavy atom. The van der Waals surface area contributed by atoms with E-state index in [4.69, 9.17) is 32.7 Å². The molecule has 0 aromatic heterocycles. The van der Waals surface area contributed by atoms with Crippen LogP contribution in [-0.2, 0) is 20.9 Å². The summed E-state index contributed by atoms with van der Waals surface area (Å²) in [5.41, 5.74) is 1.10. The molecule has 8 nitrogen and oxygen atoms in total. The highest BCUT2D eigenvalue weighted by atomic mass is 35.5. The van der Waals surface area contributed by atoms with Gasteiger partial charge in [-0.2, -0.15) is 0 Å². The molecule has 0 spiro atoms. The number of nitrogens with zero attached hydrogens (tertiary/aromatic N) is 1. The summed E-state index contributed by atoms with van der Waals surface area (Å²) in [4.78, 5) is 51.3. The summed E-state index contributed by atoms with van der Waals surface area (Å²) in [6.45, 7) is 1.44. The SMILES string of the molecule is CCCOC(=O)c1cc(NC(=O)CN2C(=O)S/C(=C/c3cccc(OCc4c(F)cccc4Cl)c3)C2=O)ccc1Cl. The standard InChI is InChI=1S/C29H23Cl2FN2O6S/c1-2-11-39-28(37)20-14-18(9-10-23(20)31)33-26(35)15-34-27(36)25(41-29(34)38)13-17-5-3-6-19(12-17)40-16-21-22(30)7-4-8-24(21)32/h3-10,12-14H,2,11,15-16H2,1H3,(H,33,35)/b25-13+. The Balaban J connectivity index is 1.40. The van der Waals surface area contributed by atoms with Gasteiger partial charge in [-0.1, -0.05) is 48.3 Å². The second-order valence-electron chi connectivity index (χ2n) is 8.71. The van der Waals surface area contributed by atoms with Crippen LogP contribution in [0.1, 0.15) is 34.8 Å². The number of benzene rings is 3. The van der Waals surface area contributed by atoms with E-state index in [0.717, 1.165) is 4.90 Å². The van der Waals surface area contributed by atoms with Gasteiger partial charge in [0, 0.05) is 11.3 Å². The maximum Gasteiger partial charge on any atom is 0.339 e. The van der Waals surface area contributed by atoms with Crippen molar-refractivity contribution in [2.45, 2.75) is 20.0 Å². The van der Waals surface area contributed by atoms with Gasteiger partial charge in [-0.05, 0) is 72.3 Å². The molecule has 0 radical (unpaired) electrons. The maximum absolute atomic E-state index is 14.0. The number of esters is 1. The third-order valence-electron chi connectivity index (χ3n) is 5.68. The van der Waals surface area contributed by atoms with Crippen molar-refractivity contribution in [3.05, 3.63) is 98.1 Å². The molecular weight excluding hydrogens is 594 g/mol. The fourth-order valence-corrected chi connectivity index (χ4v) is 4.93. The van der Waals surface area contributed by atoms with E-state index in [1.807, 2.05) is 6.92 Å². The third kappa shape index (κ3) is 7.66. The largest absolute Gasteiger partial charge is 0.489 e. The van der Waals surface area contributed by atoms with E-state index < -0.39 is 35.4 Å². The molecule has 0 bridgehead atoms. The quantitative estimate of drug-likeness (QED) is 0.194. The van der Waals surface area contributed by atoms with Gasteiger partial charge < -0.3 is 14.8 Å². The summed E-state index contributed by atoms with van der Waals surface area (Å²) in [6, 6.07) is 15.3. The minimum Gasteiger partial charge on any atom is -0.489 e. The number of halogens is 3. The van der Waals surface area contributed by atoms with Gasteiger partial charge in [0.1, 0.15) is 24.7 Å². The summed E-state index contributed by atoms with van der Waals surface area (Å²) in [7, 11) is 0. The Bertz CT molecular complexity index is 1530. The normalized spacial score (nSPS) is 14.0. The topological polar surface area (TPSA) is 102 Å². The van der Waals surface area contributed by atoms with Crippen LogP contribution in [0.15, 0.2) is 65.6 Å². The zero-order valence-electron chi connectivity index (χ0n) is 21.6. The molecule has 0 saturated carbocycles. The van der Waals surface area contributed by atoms with Crippen LogP contribution < -0.4 is 10.1 Å². The number of carbonyl (C=O) groups excluding carboxylic acids is 4. The molecule has 1 N–H and O–H groups in total. The molecule has 41 heavy (non-hydrogen) atoms. The number of anilines is 1. The van der Waals surface area contributed by atoms with Gasteiger partial charge in [-0.3, -0.25) is 19.3 Å². The second kappa shape index (κ2) is 13.7. The molecule has 0 atom stereocenters. The molecule has 0 aliphatic carbocycles. The van der Waals surface area contributed by atoms with Crippen LogP contribution >= 0.6 is 35.0 Å². The summed E-state index contributed by atoms with van der Waals surface area (Å²) < 4.78 is 24.8. The highest BCUT2D eigenvalue weighted by Gasteiger charge is 2.36. The number of thioether (sulfide) groups is 1. The van der Waals surface area contributed by atoms with Gasteiger partial charge in [0.15, 0.2) is 0 Å². The number of carbonyl (C=O) groups is 4. The maximum atomic E-state index is 14.0. The van der Waals surface area contributed by atoms with Gasteiger partial charge in [0.25, 0.3) is 11.1 Å². The molecule has 4 rings (SSSR count). The average Bonchev–Trinajstić information content (AvgIpc) is 3.19. The predicted octanol–water partition coefficient (Wildman–Crippen LogP) is 6.95. The lowest BCUT2D eigenvalue weighted by Gasteiger charge is -2.13. The molecule has 12 heteroatoms. The van der Waals surface area contributed by atoms with Crippen molar-refractivity contribution in [3.63, 3.8) is 0 Å². The van der Waals surface area contributed by atoms with Gasteiger partial charge >= 0.3 is 5.97 Å². The number of amides is 3. The van der Waals surface area contributed by atoms with Crippen molar-refractivity contribution in [1.82, 2.24) is 4.90 Å². The molecule has 212 valence electrons. The van der Waals surface area contributed by atoms with E-state index in [9.17, 15) is 23.6 Å². The van der Waals surface area contributed by atoms with Crippen molar-refractivity contribution < 1.29 is 33.0 Å². The summed E-state index contributed by atoms with van der Waals surface area (Å²) in [6.07, 6.45) is 2.13. The Morgan fingerprint density at radius 1 is 1.05 bits per heavy atom. The highest BCUT2D eigenvalue weighted by Crippen LogP contribution is 2.33. The van der Waals surface area contributed by atoms with Crippen LogP contribution in [0.3, 0.4) is 0 Å². The fourth-order valence-electron chi connectivity index (χ4n) is 3.68. The highest BCUT2D eigenvalue weighted by molar-refractivity contribution is 8.18. The van der Waals surface area contributed by atoms with Crippen molar-refractivity contribution >= 4 is 69.8 Å². The van der Waals surface area contributed by atoms with Crippen LogP contribution in [0.2, 0.25) is 10.0 Å². The van der Waals surface area contributed by atoms with Crippen molar-refractivity contribution in [1.29, 1.82) is 0 Å². The molecule has 1 aliphatic rings. The van der Waals surface area contributed by atoms with Crippen molar-refractivity contribution in [3.8, 4) is 5.75 Å². The smallest absolute Gasteiger partial charge is 0.339 e. The van der Waals surface area contributed by atoms with Crippen LogP contribution in [0.25, 0.3) is 6.08 Å². The monoisotopic (exact) mass is 616 g/mol. The van der Waals surface area contributed by atoms with Crippen LogP contribution in [-0.4, -0.2) is 41.1 Å².